The normalized spacial score (nSPS) is 14.3. The van der Waals surface area contributed by atoms with Gasteiger partial charge in [0.25, 0.3) is 0 Å². The van der Waals surface area contributed by atoms with Crippen LogP contribution < -0.4 is 4.31 Å². The van der Waals surface area contributed by atoms with Gasteiger partial charge in [0.1, 0.15) is 0 Å². The van der Waals surface area contributed by atoms with E-state index in [4.69, 9.17) is 5.11 Å². The first-order valence-corrected chi connectivity index (χ1v) is 9.80. The lowest BCUT2D eigenvalue weighted by atomic mass is 10.1. The van der Waals surface area contributed by atoms with Crippen LogP contribution in [-0.4, -0.2) is 32.3 Å². The molecule has 132 valence electrons. The smallest absolute Gasteiger partial charge is 0.307 e. The summed E-state index contributed by atoms with van der Waals surface area (Å²) in [6.07, 6.45) is 1.43. The van der Waals surface area contributed by atoms with E-state index in [9.17, 15) is 13.2 Å². The van der Waals surface area contributed by atoms with E-state index in [2.05, 4.69) is 12.1 Å². The molecular formula is C19H21NO4S. The molecule has 0 unspecified atom stereocenters. The first kappa shape index (κ1) is 17.5. The van der Waals surface area contributed by atoms with Crippen LogP contribution in [0.3, 0.4) is 0 Å². The lowest BCUT2D eigenvalue weighted by Crippen LogP contribution is -2.32. The lowest BCUT2D eigenvalue weighted by molar-refractivity contribution is -0.136. The number of carbonyl (C=O) groups is 1. The van der Waals surface area contributed by atoms with Crippen LogP contribution in [0.1, 0.15) is 16.7 Å². The fourth-order valence-corrected chi connectivity index (χ4v) is 4.86. The Morgan fingerprint density at radius 2 is 1.76 bits per heavy atom. The summed E-state index contributed by atoms with van der Waals surface area (Å²) in [5.41, 5.74) is 3.54. The third-order valence-corrected chi connectivity index (χ3v) is 6.57. The average Bonchev–Trinajstić information content (AvgIpc) is 2.95. The summed E-state index contributed by atoms with van der Waals surface area (Å²) >= 11 is 0. The van der Waals surface area contributed by atoms with Gasteiger partial charge in [-0.2, -0.15) is 0 Å². The maximum atomic E-state index is 12.8. The highest BCUT2D eigenvalue weighted by Gasteiger charge is 2.28. The number of benzene rings is 2. The molecule has 0 atom stereocenters. The number of hydrogen-bond donors (Lipinski definition) is 1. The average molecular weight is 359 g/mol. The molecule has 0 radical (unpaired) electrons. The molecule has 3 rings (SSSR count). The van der Waals surface area contributed by atoms with Crippen LogP contribution in [0.5, 0.6) is 0 Å². The zero-order valence-corrected chi connectivity index (χ0v) is 14.9. The zero-order chi connectivity index (χ0) is 18.0. The number of rotatable bonds is 6. The van der Waals surface area contributed by atoms with Crippen LogP contribution in [0.2, 0.25) is 0 Å². The van der Waals surface area contributed by atoms with Crippen molar-refractivity contribution in [2.45, 2.75) is 19.3 Å². The van der Waals surface area contributed by atoms with Crippen molar-refractivity contribution in [3.05, 3.63) is 65.2 Å². The summed E-state index contributed by atoms with van der Waals surface area (Å²) < 4.78 is 26.8. The Morgan fingerprint density at radius 1 is 1.12 bits per heavy atom. The summed E-state index contributed by atoms with van der Waals surface area (Å²) in [5, 5.41) is 8.90. The molecule has 1 aliphatic carbocycles. The molecule has 25 heavy (non-hydrogen) atoms. The van der Waals surface area contributed by atoms with Crippen molar-refractivity contribution in [3.8, 4) is 0 Å². The summed E-state index contributed by atoms with van der Waals surface area (Å²) in [7, 11) is -1.95. The molecule has 6 heteroatoms. The van der Waals surface area contributed by atoms with Crippen molar-refractivity contribution >= 4 is 21.7 Å². The maximum absolute atomic E-state index is 12.8. The van der Waals surface area contributed by atoms with Crippen LogP contribution in [0.4, 0.5) is 5.69 Å². The molecule has 2 aromatic rings. The molecule has 1 aliphatic rings. The van der Waals surface area contributed by atoms with Crippen molar-refractivity contribution in [3.63, 3.8) is 0 Å². The van der Waals surface area contributed by atoms with E-state index in [1.807, 2.05) is 12.1 Å². The minimum atomic E-state index is -3.47. The van der Waals surface area contributed by atoms with Crippen LogP contribution in [0.15, 0.2) is 48.5 Å². The molecule has 0 aromatic heterocycles. The van der Waals surface area contributed by atoms with E-state index >= 15 is 0 Å². The van der Waals surface area contributed by atoms with Gasteiger partial charge < -0.3 is 5.11 Å². The van der Waals surface area contributed by atoms with E-state index in [0.29, 0.717) is 11.3 Å². The quantitative estimate of drug-likeness (QED) is 0.860. The molecule has 0 bridgehead atoms. The van der Waals surface area contributed by atoms with Crippen LogP contribution in [0, 0.1) is 5.92 Å². The molecule has 0 saturated carbocycles. The second kappa shape index (κ2) is 6.88. The summed E-state index contributed by atoms with van der Waals surface area (Å²) in [5.74, 6) is -0.778. The fourth-order valence-electron chi connectivity index (χ4n) is 3.37. The number of fused-ring (bicyclic) bond motifs is 1. The second-order valence-corrected chi connectivity index (χ2v) is 8.57. The topological polar surface area (TPSA) is 74.7 Å². The van der Waals surface area contributed by atoms with E-state index < -0.39 is 16.0 Å². The molecule has 0 aliphatic heterocycles. The number of carboxylic acid groups (broad SMARTS) is 1. The van der Waals surface area contributed by atoms with E-state index in [1.54, 1.807) is 24.3 Å². The SMILES string of the molecule is CN(c1cccc(CC(=O)O)c1)S(=O)(=O)CC1Cc2ccccc2C1. The number of hydrogen-bond acceptors (Lipinski definition) is 3. The lowest BCUT2D eigenvalue weighted by Gasteiger charge is -2.22. The Kier molecular flexibility index (Phi) is 4.81. The largest absolute Gasteiger partial charge is 0.481 e. The Bertz CT molecular complexity index is 867. The molecular weight excluding hydrogens is 338 g/mol. The Hall–Kier alpha value is -2.34. The van der Waals surface area contributed by atoms with Gasteiger partial charge in [-0.3, -0.25) is 9.10 Å². The van der Waals surface area contributed by atoms with Crippen molar-refractivity contribution in [1.82, 2.24) is 0 Å². The molecule has 0 fully saturated rings. The minimum Gasteiger partial charge on any atom is -0.481 e. The monoisotopic (exact) mass is 359 g/mol. The van der Waals surface area contributed by atoms with Gasteiger partial charge in [-0.15, -0.1) is 0 Å². The highest BCUT2D eigenvalue weighted by molar-refractivity contribution is 7.92. The van der Waals surface area contributed by atoms with E-state index in [1.165, 1.54) is 22.5 Å². The standard InChI is InChI=1S/C19H21NO4S/c1-20(18-8-4-5-14(11-18)12-19(21)22)25(23,24)13-15-9-16-6-2-3-7-17(16)10-15/h2-8,11,15H,9-10,12-13H2,1H3,(H,21,22). The Morgan fingerprint density at radius 3 is 2.36 bits per heavy atom. The molecule has 1 N–H and O–H groups in total. The van der Waals surface area contributed by atoms with Crippen molar-refractivity contribution < 1.29 is 18.3 Å². The first-order valence-electron chi connectivity index (χ1n) is 8.19. The van der Waals surface area contributed by atoms with Crippen LogP contribution >= 0.6 is 0 Å². The summed E-state index contributed by atoms with van der Waals surface area (Å²) in [6, 6.07) is 14.8. The van der Waals surface area contributed by atoms with Gasteiger partial charge in [0, 0.05) is 7.05 Å². The highest BCUT2D eigenvalue weighted by Crippen LogP contribution is 2.29. The minimum absolute atomic E-state index is 0.0760. The summed E-state index contributed by atoms with van der Waals surface area (Å²) in [6.45, 7) is 0. The molecule has 0 spiro atoms. The Balaban J connectivity index is 1.73. The van der Waals surface area contributed by atoms with Gasteiger partial charge >= 0.3 is 5.97 Å². The molecule has 5 nitrogen and oxygen atoms in total. The van der Waals surface area contributed by atoms with Crippen molar-refractivity contribution in [2.24, 2.45) is 5.92 Å². The third-order valence-electron chi connectivity index (χ3n) is 4.63. The third kappa shape index (κ3) is 4.02. The molecule has 2 aromatic carbocycles. The highest BCUT2D eigenvalue weighted by atomic mass is 32.2. The number of aliphatic carboxylic acids is 1. The molecule has 0 amide bonds. The second-order valence-electron chi connectivity index (χ2n) is 6.53. The predicted octanol–water partition coefficient (Wildman–Crippen LogP) is 2.49. The van der Waals surface area contributed by atoms with Crippen molar-refractivity contribution in [1.29, 1.82) is 0 Å². The number of nitrogens with zero attached hydrogens (tertiary/aromatic N) is 1. The number of carboxylic acids is 1. The zero-order valence-electron chi connectivity index (χ0n) is 14.1. The summed E-state index contributed by atoms with van der Waals surface area (Å²) in [4.78, 5) is 10.9. The first-order chi connectivity index (χ1) is 11.8. The fraction of sp³-hybridized carbons (Fsp3) is 0.316. The Labute approximate surface area is 148 Å². The molecule has 0 saturated heterocycles. The van der Waals surface area contributed by atoms with E-state index in [0.717, 1.165) is 12.8 Å². The van der Waals surface area contributed by atoms with Gasteiger partial charge in [-0.25, -0.2) is 8.42 Å². The molecule has 0 heterocycles. The van der Waals surface area contributed by atoms with E-state index in [-0.39, 0.29) is 18.1 Å². The number of anilines is 1. The van der Waals surface area contributed by atoms with Gasteiger partial charge in [0.15, 0.2) is 0 Å². The number of sulfonamides is 1. The van der Waals surface area contributed by atoms with Gasteiger partial charge in [-0.05, 0) is 47.6 Å². The van der Waals surface area contributed by atoms with Gasteiger partial charge in [0.05, 0.1) is 17.9 Å². The van der Waals surface area contributed by atoms with Crippen molar-refractivity contribution in [2.75, 3.05) is 17.1 Å². The van der Waals surface area contributed by atoms with Crippen LogP contribution in [0.25, 0.3) is 0 Å². The van der Waals surface area contributed by atoms with Gasteiger partial charge in [-0.1, -0.05) is 36.4 Å². The predicted molar refractivity (Wildman–Crippen MR) is 97.3 cm³/mol. The maximum Gasteiger partial charge on any atom is 0.307 e. The van der Waals surface area contributed by atoms with Gasteiger partial charge in [0.2, 0.25) is 10.0 Å². The van der Waals surface area contributed by atoms with Crippen LogP contribution in [-0.2, 0) is 34.1 Å².